The minimum absolute atomic E-state index is 0.703. The van der Waals surface area contributed by atoms with Crippen molar-refractivity contribution in [2.75, 3.05) is 32.5 Å². The largest absolute Gasteiger partial charge is 0.131 e. The number of thioether (sulfide) groups is 6. The molecule has 1 aliphatic heterocycles. The minimum Gasteiger partial charge on any atom is -0.131 e. The molecular weight excluding hydrogens is 565 g/mol. The maximum Gasteiger partial charge on any atom is 0.0624 e. The van der Waals surface area contributed by atoms with Crippen LogP contribution in [0.25, 0.3) is 0 Å². The average molecular weight is 589 g/mol. The summed E-state index contributed by atoms with van der Waals surface area (Å²) >= 11 is 11.9. The van der Waals surface area contributed by atoms with Crippen molar-refractivity contribution in [3.63, 3.8) is 0 Å². The van der Waals surface area contributed by atoms with E-state index in [9.17, 15) is 0 Å². The number of rotatable bonds is 18. The lowest BCUT2D eigenvalue weighted by Gasteiger charge is -2.33. The molecule has 0 aliphatic carbocycles. The molecular formula is C15H24S12. The quantitative estimate of drug-likeness (QED) is 0.0849. The molecule has 0 spiro atoms. The Bertz CT molecular complexity index is 330. The van der Waals surface area contributed by atoms with Crippen LogP contribution < -0.4 is 0 Å². The third-order valence-electron chi connectivity index (χ3n) is 2.48. The van der Waals surface area contributed by atoms with Gasteiger partial charge in [0.05, 0.1) is 29.0 Å². The van der Waals surface area contributed by atoms with Crippen molar-refractivity contribution in [3.8, 4) is 0 Å². The van der Waals surface area contributed by atoms with E-state index in [4.69, 9.17) is 0 Å². The van der Waals surface area contributed by atoms with Gasteiger partial charge >= 0.3 is 0 Å². The molecule has 156 valence electrons. The van der Waals surface area contributed by atoms with Crippen LogP contribution in [0.4, 0.5) is 0 Å². The molecule has 0 atom stereocenters. The molecule has 0 bridgehead atoms. The minimum atomic E-state index is 0.703. The summed E-state index contributed by atoms with van der Waals surface area (Å²) in [5, 5.41) is 9.08. The molecule has 1 rings (SSSR count). The highest BCUT2D eigenvalue weighted by Gasteiger charge is 2.30. The summed E-state index contributed by atoms with van der Waals surface area (Å²) in [6.45, 7) is 11.3. The van der Waals surface area contributed by atoms with Crippen LogP contribution in [0.5, 0.6) is 0 Å². The topological polar surface area (TPSA) is 0 Å². The fourth-order valence-electron chi connectivity index (χ4n) is 1.48. The lowest BCUT2D eigenvalue weighted by molar-refractivity contribution is 1.31. The van der Waals surface area contributed by atoms with E-state index in [0.29, 0.717) is 13.7 Å². The fraction of sp³-hybridized carbons (Fsp3) is 0.600. The van der Waals surface area contributed by atoms with Crippen LogP contribution in [0.2, 0.25) is 0 Å². The zero-order valence-corrected chi connectivity index (χ0v) is 24.5. The van der Waals surface area contributed by atoms with Gasteiger partial charge in [-0.15, -0.1) is 70.6 Å². The van der Waals surface area contributed by atoms with Crippen LogP contribution in [0.3, 0.4) is 0 Å². The first-order valence-electron chi connectivity index (χ1n) is 7.67. The van der Waals surface area contributed by atoms with E-state index < -0.39 is 0 Å². The van der Waals surface area contributed by atoms with Gasteiger partial charge in [-0.1, -0.05) is 84.5 Å². The van der Waals surface area contributed by atoms with E-state index in [2.05, 4.69) is 55.0 Å². The van der Waals surface area contributed by atoms with E-state index in [-0.39, 0.29) is 0 Å². The summed E-state index contributed by atoms with van der Waals surface area (Å²) < 4.78 is 2.11. The van der Waals surface area contributed by atoms with Crippen LogP contribution in [-0.2, 0) is 0 Å². The van der Waals surface area contributed by atoms with E-state index in [0.717, 1.165) is 15.3 Å². The van der Waals surface area contributed by atoms with E-state index in [1.165, 1.54) is 17.3 Å². The van der Waals surface area contributed by atoms with Crippen LogP contribution in [0.1, 0.15) is 0 Å². The second-order valence-corrected chi connectivity index (χ2v) is 20.9. The van der Waals surface area contributed by atoms with Gasteiger partial charge in [-0.2, -0.15) is 0 Å². The molecule has 0 nitrogen and oxygen atoms in total. The zero-order valence-electron chi connectivity index (χ0n) is 14.7. The highest BCUT2D eigenvalue weighted by molar-refractivity contribution is 8.79. The first-order valence-corrected chi connectivity index (χ1v) is 21.1. The van der Waals surface area contributed by atoms with Crippen molar-refractivity contribution >= 4 is 135 Å². The normalized spacial score (nSPS) is 22.4. The molecule has 27 heavy (non-hydrogen) atoms. The Balaban J connectivity index is 2.33. The Morgan fingerprint density at radius 2 is 0.815 bits per heavy atom. The lowest BCUT2D eigenvalue weighted by atomic mass is 10.9. The molecule has 12 heteroatoms. The SMILES string of the molecule is C=CSCSSCC1SC(CSSCSC=C)SC(CSSCSC=C)S1. The number of hydrogen-bond donors (Lipinski definition) is 0. The standard InChI is InChI=1S/C15H24S12/c1-4-16-10-22-19-7-13-25-14(8-20-23-11-17-5-2)27-15(26-13)9-21-24-12-18-6-3/h4-6,13-15H,1-3,7-12H2. The van der Waals surface area contributed by atoms with Gasteiger partial charge in [0.15, 0.2) is 0 Å². The summed E-state index contributed by atoms with van der Waals surface area (Å²) in [7, 11) is 11.9. The average Bonchev–Trinajstić information content (AvgIpc) is 2.67. The predicted molar refractivity (Wildman–Crippen MR) is 162 cm³/mol. The second-order valence-electron chi connectivity index (χ2n) is 4.26. The smallest absolute Gasteiger partial charge is 0.0624 e. The monoisotopic (exact) mass is 588 g/mol. The van der Waals surface area contributed by atoms with Crippen LogP contribution in [0.15, 0.2) is 36.0 Å². The maximum absolute atomic E-state index is 3.77. The first kappa shape index (κ1) is 28.5. The van der Waals surface area contributed by atoms with Gasteiger partial charge in [0, 0.05) is 17.3 Å². The Morgan fingerprint density at radius 3 is 1.07 bits per heavy atom. The molecule has 1 saturated heterocycles. The zero-order chi connectivity index (χ0) is 19.6. The summed E-state index contributed by atoms with van der Waals surface area (Å²) in [6.07, 6.45) is 0. The van der Waals surface area contributed by atoms with Crippen molar-refractivity contribution in [2.24, 2.45) is 0 Å². The van der Waals surface area contributed by atoms with Gasteiger partial charge in [-0.25, -0.2) is 0 Å². The van der Waals surface area contributed by atoms with Gasteiger partial charge in [0.25, 0.3) is 0 Å². The van der Waals surface area contributed by atoms with Crippen LogP contribution in [0, 0.1) is 0 Å². The Labute approximate surface area is 214 Å². The Kier molecular flexibility index (Phi) is 22.4. The van der Waals surface area contributed by atoms with E-state index in [1.807, 2.05) is 81.0 Å². The molecule has 1 aliphatic rings. The summed E-state index contributed by atoms with van der Waals surface area (Å²) in [6, 6.07) is 0. The lowest BCUT2D eigenvalue weighted by Crippen LogP contribution is -2.22. The van der Waals surface area contributed by atoms with Gasteiger partial charge < -0.3 is 0 Å². The van der Waals surface area contributed by atoms with E-state index >= 15 is 0 Å². The van der Waals surface area contributed by atoms with Gasteiger partial charge in [-0.3, -0.25) is 0 Å². The molecule has 0 radical (unpaired) electrons. The third kappa shape index (κ3) is 16.7. The highest BCUT2D eigenvalue weighted by Crippen LogP contribution is 2.52. The maximum atomic E-state index is 3.77. The molecule has 1 heterocycles. The van der Waals surface area contributed by atoms with Crippen molar-refractivity contribution in [3.05, 3.63) is 36.0 Å². The highest BCUT2D eigenvalue weighted by atomic mass is 33.1. The first-order chi connectivity index (χ1) is 13.3. The number of hydrogen-bond acceptors (Lipinski definition) is 12. The molecule has 0 aromatic rings. The molecule has 0 unspecified atom stereocenters. The van der Waals surface area contributed by atoms with Crippen LogP contribution in [-0.4, -0.2) is 46.3 Å². The Hall–Kier alpha value is 3.42. The van der Waals surface area contributed by atoms with E-state index in [1.54, 1.807) is 35.3 Å². The summed E-state index contributed by atoms with van der Waals surface area (Å²) in [5.74, 6) is 3.67. The van der Waals surface area contributed by atoms with Crippen molar-refractivity contribution in [1.82, 2.24) is 0 Å². The van der Waals surface area contributed by atoms with Gasteiger partial charge in [-0.05, 0) is 16.2 Å². The van der Waals surface area contributed by atoms with Crippen molar-refractivity contribution < 1.29 is 0 Å². The summed E-state index contributed by atoms with van der Waals surface area (Å²) in [4.78, 5) is 0. The fourth-order valence-corrected chi connectivity index (χ4v) is 19.7. The van der Waals surface area contributed by atoms with Gasteiger partial charge in [0.1, 0.15) is 0 Å². The second kappa shape index (κ2) is 21.3. The van der Waals surface area contributed by atoms with Crippen molar-refractivity contribution in [2.45, 2.75) is 13.7 Å². The van der Waals surface area contributed by atoms with Crippen LogP contribution >= 0.6 is 135 Å². The molecule has 0 amide bonds. The molecule has 1 fully saturated rings. The molecule has 0 aromatic heterocycles. The van der Waals surface area contributed by atoms with Gasteiger partial charge in [0.2, 0.25) is 0 Å². The predicted octanol–water partition coefficient (Wildman–Crippen LogP) is 9.82. The third-order valence-corrected chi connectivity index (χ3v) is 19.3. The molecule has 0 saturated carbocycles. The molecule has 0 aromatic carbocycles. The summed E-state index contributed by atoms with van der Waals surface area (Å²) in [5.41, 5.74) is 0. The molecule has 0 N–H and O–H groups in total. The Morgan fingerprint density at radius 1 is 0.519 bits per heavy atom. The van der Waals surface area contributed by atoms with Crippen molar-refractivity contribution in [1.29, 1.82) is 0 Å².